The monoisotopic (exact) mass is 296 g/mol. The van der Waals surface area contributed by atoms with Gasteiger partial charge in [0.25, 0.3) is 0 Å². The molecule has 4 nitrogen and oxygen atoms in total. The lowest BCUT2D eigenvalue weighted by molar-refractivity contribution is -0.161. The molecule has 1 saturated heterocycles. The van der Waals surface area contributed by atoms with Gasteiger partial charge in [0.05, 0.1) is 0 Å². The van der Waals surface area contributed by atoms with Crippen LogP contribution in [0.3, 0.4) is 0 Å². The van der Waals surface area contributed by atoms with Crippen molar-refractivity contribution in [3.63, 3.8) is 0 Å². The Kier molecular flexibility index (Phi) is 5.12. The van der Waals surface area contributed by atoms with Crippen LogP contribution in [0.25, 0.3) is 0 Å². The quantitative estimate of drug-likeness (QED) is 0.867. The lowest BCUT2D eigenvalue weighted by atomic mass is 9.80. The number of amides is 2. The van der Waals surface area contributed by atoms with Crippen molar-refractivity contribution in [1.29, 1.82) is 0 Å². The number of hydrogen-bond donors (Lipinski definition) is 1. The highest BCUT2D eigenvalue weighted by atomic mass is 16.2. The molecule has 0 aromatic carbocycles. The van der Waals surface area contributed by atoms with Gasteiger partial charge in [0.1, 0.15) is 12.1 Å². The Bertz CT molecular complexity index is 408. The van der Waals surface area contributed by atoms with Crippen LogP contribution < -0.4 is 5.32 Å². The summed E-state index contributed by atoms with van der Waals surface area (Å²) in [5, 5.41) is 2.95. The zero-order chi connectivity index (χ0) is 16.6. The van der Waals surface area contributed by atoms with Crippen LogP contribution in [0.5, 0.6) is 0 Å². The lowest BCUT2D eigenvalue weighted by Crippen LogP contribution is -2.71. The number of nitrogens with one attached hydrogen (secondary N) is 1. The molecule has 1 aliphatic rings. The van der Waals surface area contributed by atoms with Gasteiger partial charge < -0.3 is 10.2 Å². The van der Waals surface area contributed by atoms with E-state index in [2.05, 4.69) is 26.1 Å². The van der Waals surface area contributed by atoms with E-state index < -0.39 is 6.04 Å². The third-order valence-corrected chi connectivity index (χ3v) is 4.33. The zero-order valence-electron chi connectivity index (χ0n) is 14.9. The maximum Gasteiger partial charge on any atom is 0.246 e. The van der Waals surface area contributed by atoms with Gasteiger partial charge in [-0.15, -0.1) is 0 Å². The molecule has 1 N–H and O–H groups in total. The van der Waals surface area contributed by atoms with E-state index in [0.29, 0.717) is 0 Å². The molecule has 1 aliphatic heterocycles. The van der Waals surface area contributed by atoms with Crippen molar-refractivity contribution in [1.82, 2.24) is 10.2 Å². The zero-order valence-corrected chi connectivity index (χ0v) is 14.9. The Morgan fingerprint density at radius 3 is 2.05 bits per heavy atom. The minimum absolute atomic E-state index is 0.0197. The molecule has 0 aromatic rings. The summed E-state index contributed by atoms with van der Waals surface area (Å²) in [6, 6.07) is -0.825. The maximum absolute atomic E-state index is 13.1. The third-order valence-electron chi connectivity index (χ3n) is 4.33. The first-order valence-corrected chi connectivity index (χ1v) is 8.07. The van der Waals surface area contributed by atoms with Crippen molar-refractivity contribution >= 4 is 11.8 Å². The van der Waals surface area contributed by atoms with E-state index in [1.165, 1.54) is 0 Å². The minimum atomic E-state index is -0.448. The summed E-state index contributed by atoms with van der Waals surface area (Å²) in [6.07, 6.45) is 1.88. The smallest absolute Gasteiger partial charge is 0.246 e. The van der Waals surface area contributed by atoms with Gasteiger partial charge in [-0.3, -0.25) is 9.59 Å². The van der Waals surface area contributed by atoms with Crippen LogP contribution in [0.1, 0.15) is 68.2 Å². The van der Waals surface area contributed by atoms with Gasteiger partial charge in [-0.2, -0.15) is 0 Å². The molecule has 2 atom stereocenters. The van der Waals surface area contributed by atoms with Crippen LogP contribution >= 0.6 is 0 Å². The fourth-order valence-electron chi connectivity index (χ4n) is 3.28. The molecule has 0 aromatic heterocycles. The Hall–Kier alpha value is -1.06. The number of rotatable bonds is 4. The number of nitrogens with zero attached hydrogens (tertiary/aromatic N) is 1. The van der Waals surface area contributed by atoms with E-state index in [9.17, 15) is 9.59 Å². The molecular weight excluding hydrogens is 264 g/mol. The largest absolute Gasteiger partial charge is 0.342 e. The maximum atomic E-state index is 13.1. The summed E-state index contributed by atoms with van der Waals surface area (Å²) in [5.41, 5.74) is -0.586. The summed E-state index contributed by atoms with van der Waals surface area (Å²) in [7, 11) is 0. The highest BCUT2D eigenvalue weighted by Gasteiger charge is 2.50. The van der Waals surface area contributed by atoms with Gasteiger partial charge >= 0.3 is 0 Å². The first-order valence-electron chi connectivity index (χ1n) is 8.07. The van der Waals surface area contributed by atoms with E-state index in [1.54, 1.807) is 0 Å². The van der Waals surface area contributed by atoms with Gasteiger partial charge in [0, 0.05) is 5.54 Å². The Labute approximate surface area is 129 Å². The molecule has 0 saturated carbocycles. The van der Waals surface area contributed by atoms with E-state index in [-0.39, 0.29) is 34.7 Å². The molecule has 0 aliphatic carbocycles. The Balaban J connectivity index is 3.28. The van der Waals surface area contributed by atoms with Crippen LogP contribution in [-0.4, -0.2) is 34.3 Å². The first kappa shape index (κ1) is 18.0. The molecule has 0 bridgehead atoms. The summed E-state index contributed by atoms with van der Waals surface area (Å²) >= 11 is 0. The van der Waals surface area contributed by atoms with Gasteiger partial charge in [0.15, 0.2) is 0 Å². The molecule has 2 unspecified atom stereocenters. The average Bonchev–Trinajstić information content (AvgIpc) is 2.28. The van der Waals surface area contributed by atoms with Crippen molar-refractivity contribution in [2.45, 2.75) is 85.9 Å². The third kappa shape index (κ3) is 3.58. The van der Waals surface area contributed by atoms with Crippen LogP contribution in [-0.2, 0) is 9.59 Å². The molecule has 0 radical (unpaired) electrons. The van der Waals surface area contributed by atoms with E-state index in [4.69, 9.17) is 0 Å². The summed E-state index contributed by atoms with van der Waals surface area (Å²) in [5.74, 6) is 0.138. The van der Waals surface area contributed by atoms with Gasteiger partial charge in [-0.1, -0.05) is 48.0 Å². The van der Waals surface area contributed by atoms with Gasteiger partial charge in [0.2, 0.25) is 11.8 Å². The van der Waals surface area contributed by atoms with Crippen LogP contribution in [0.15, 0.2) is 0 Å². The fourth-order valence-corrected chi connectivity index (χ4v) is 3.28. The summed E-state index contributed by atoms with van der Waals surface area (Å²) < 4.78 is 0. The van der Waals surface area contributed by atoms with Crippen molar-refractivity contribution < 1.29 is 9.59 Å². The predicted octanol–water partition coefficient (Wildman–Crippen LogP) is 2.96. The lowest BCUT2D eigenvalue weighted by Gasteiger charge is -2.51. The fraction of sp³-hybridized carbons (Fsp3) is 0.882. The number of carbonyl (C=O) groups is 2. The van der Waals surface area contributed by atoms with Gasteiger partial charge in [-0.25, -0.2) is 0 Å². The molecule has 1 fully saturated rings. The molecule has 4 heteroatoms. The number of hydrogen-bond acceptors (Lipinski definition) is 2. The van der Waals surface area contributed by atoms with Gasteiger partial charge in [-0.05, 0) is 31.6 Å². The highest BCUT2D eigenvalue weighted by molar-refractivity contribution is 5.98. The molecule has 122 valence electrons. The second kappa shape index (κ2) is 5.98. The molecule has 21 heavy (non-hydrogen) atoms. The minimum Gasteiger partial charge on any atom is -0.342 e. The van der Waals surface area contributed by atoms with Crippen LogP contribution in [0.2, 0.25) is 0 Å². The standard InChI is InChI=1S/C17H32N2O2/c1-9-10-17(7,8)19-12(11(2)3)14(20)18-13(15(19)21)16(4,5)6/h11-13H,9-10H2,1-8H3,(H,18,20). The summed E-state index contributed by atoms with van der Waals surface area (Å²) in [4.78, 5) is 27.5. The van der Waals surface area contributed by atoms with E-state index >= 15 is 0 Å². The highest BCUT2D eigenvalue weighted by Crippen LogP contribution is 2.33. The Morgan fingerprint density at radius 1 is 1.14 bits per heavy atom. The van der Waals surface area contributed by atoms with Crippen molar-refractivity contribution in [3.8, 4) is 0 Å². The van der Waals surface area contributed by atoms with Crippen LogP contribution in [0.4, 0.5) is 0 Å². The average molecular weight is 296 g/mol. The molecule has 2 amide bonds. The van der Waals surface area contributed by atoms with Crippen molar-refractivity contribution in [2.24, 2.45) is 11.3 Å². The van der Waals surface area contributed by atoms with E-state index in [0.717, 1.165) is 12.8 Å². The molecule has 1 heterocycles. The normalized spacial score (nSPS) is 24.5. The SMILES string of the molecule is CCCC(C)(C)N1C(=O)C(C(C)(C)C)NC(=O)C1C(C)C. The van der Waals surface area contributed by atoms with E-state index in [1.807, 2.05) is 39.5 Å². The second-order valence-electron chi connectivity index (χ2n) is 8.27. The number of piperazine rings is 1. The van der Waals surface area contributed by atoms with Crippen molar-refractivity contribution in [2.75, 3.05) is 0 Å². The molecular formula is C17H32N2O2. The predicted molar refractivity (Wildman–Crippen MR) is 85.8 cm³/mol. The van der Waals surface area contributed by atoms with Crippen LogP contribution in [0, 0.1) is 11.3 Å². The summed E-state index contributed by atoms with van der Waals surface area (Å²) in [6.45, 7) is 16.3. The second-order valence-corrected chi connectivity index (χ2v) is 8.27. The Morgan fingerprint density at radius 2 is 1.67 bits per heavy atom. The topological polar surface area (TPSA) is 49.4 Å². The molecule has 0 spiro atoms. The number of carbonyl (C=O) groups excluding carboxylic acids is 2. The van der Waals surface area contributed by atoms with Crippen molar-refractivity contribution in [3.05, 3.63) is 0 Å². The molecule has 1 rings (SSSR count). The first-order chi connectivity index (χ1) is 9.43.